The van der Waals surface area contributed by atoms with Crippen LogP contribution < -0.4 is 5.32 Å². The van der Waals surface area contributed by atoms with Crippen LogP contribution in [-0.2, 0) is 9.53 Å². The molecule has 2 N–H and O–H groups in total. The van der Waals surface area contributed by atoms with E-state index in [0.717, 1.165) is 0 Å². The van der Waals surface area contributed by atoms with Crippen LogP contribution in [0.25, 0.3) is 0 Å². The fourth-order valence-corrected chi connectivity index (χ4v) is 1.15. The fraction of sp³-hybridized carbons (Fsp3) is 0.800. The van der Waals surface area contributed by atoms with Gasteiger partial charge in [-0.2, -0.15) is 0 Å². The van der Waals surface area contributed by atoms with E-state index in [1.807, 2.05) is 13.8 Å². The lowest BCUT2D eigenvalue weighted by Gasteiger charge is -2.24. The van der Waals surface area contributed by atoms with Gasteiger partial charge >= 0.3 is 6.09 Å². The highest BCUT2D eigenvalue weighted by molar-refractivity contribution is 5.92. The molecule has 0 atom stereocenters. The molecular formula is C10H20N2O4. The molecule has 0 rings (SSSR count). The fourth-order valence-electron chi connectivity index (χ4n) is 1.15. The number of imide groups is 1. The smallest absolute Gasteiger partial charge is 0.413 e. The lowest BCUT2D eigenvalue weighted by molar-refractivity contribution is -0.122. The first-order valence-corrected chi connectivity index (χ1v) is 5.32. The van der Waals surface area contributed by atoms with Gasteiger partial charge in [0.2, 0.25) is 5.91 Å². The highest BCUT2D eigenvalue weighted by atomic mass is 16.5. The van der Waals surface area contributed by atoms with E-state index < -0.39 is 12.0 Å². The summed E-state index contributed by atoms with van der Waals surface area (Å²) in [6, 6.07) is 0.125. The Kier molecular flexibility index (Phi) is 7.49. The van der Waals surface area contributed by atoms with Crippen LogP contribution in [-0.4, -0.2) is 54.4 Å². The number of hydrogen-bond donors (Lipinski definition) is 2. The maximum Gasteiger partial charge on any atom is 0.413 e. The van der Waals surface area contributed by atoms with Gasteiger partial charge in [0, 0.05) is 12.6 Å². The molecule has 6 heteroatoms. The zero-order valence-corrected chi connectivity index (χ0v) is 10.0. The normalized spacial score (nSPS) is 10.6. The average Bonchev–Trinajstić information content (AvgIpc) is 2.16. The second-order valence-corrected chi connectivity index (χ2v) is 3.56. The minimum Gasteiger partial charge on any atom is -0.450 e. The van der Waals surface area contributed by atoms with Gasteiger partial charge in [-0.1, -0.05) is 0 Å². The van der Waals surface area contributed by atoms with Gasteiger partial charge < -0.3 is 9.84 Å². The molecule has 0 aliphatic heterocycles. The Labute approximate surface area is 95.6 Å². The molecule has 0 heterocycles. The van der Waals surface area contributed by atoms with Gasteiger partial charge in [0.05, 0.1) is 19.8 Å². The van der Waals surface area contributed by atoms with Gasteiger partial charge in [-0.15, -0.1) is 0 Å². The molecule has 6 nitrogen and oxygen atoms in total. The van der Waals surface area contributed by atoms with Crippen molar-refractivity contribution in [2.24, 2.45) is 0 Å². The number of hydrogen-bond acceptors (Lipinski definition) is 5. The number of nitrogens with zero attached hydrogens (tertiary/aromatic N) is 1. The van der Waals surface area contributed by atoms with Crippen LogP contribution in [0.1, 0.15) is 20.8 Å². The quantitative estimate of drug-likeness (QED) is 0.672. The van der Waals surface area contributed by atoms with Crippen molar-refractivity contribution in [1.82, 2.24) is 10.2 Å². The molecule has 0 aromatic heterocycles. The van der Waals surface area contributed by atoms with Crippen LogP contribution in [0.5, 0.6) is 0 Å². The van der Waals surface area contributed by atoms with Gasteiger partial charge in [0.1, 0.15) is 0 Å². The summed E-state index contributed by atoms with van der Waals surface area (Å²) >= 11 is 0. The van der Waals surface area contributed by atoms with Crippen LogP contribution >= 0.6 is 0 Å². The molecule has 0 aromatic rings. The second kappa shape index (κ2) is 8.06. The van der Waals surface area contributed by atoms with Crippen LogP contribution in [0.3, 0.4) is 0 Å². The molecule has 0 radical (unpaired) electrons. The molecule has 94 valence electrons. The van der Waals surface area contributed by atoms with E-state index in [1.54, 1.807) is 11.8 Å². The summed E-state index contributed by atoms with van der Waals surface area (Å²) in [5.41, 5.74) is 0. The summed E-state index contributed by atoms with van der Waals surface area (Å²) in [5.74, 6) is -0.430. The maximum absolute atomic E-state index is 11.4. The molecule has 0 aliphatic rings. The average molecular weight is 232 g/mol. The van der Waals surface area contributed by atoms with E-state index in [-0.39, 0.29) is 25.8 Å². The first-order chi connectivity index (χ1) is 7.51. The van der Waals surface area contributed by atoms with Crippen molar-refractivity contribution in [2.75, 3.05) is 26.3 Å². The standard InChI is InChI=1S/C10H20N2O4/c1-4-16-10(15)11-9(14)7-12(5-6-13)8(2)3/h8,13H,4-7H2,1-3H3,(H,11,14,15). The van der Waals surface area contributed by atoms with Crippen molar-refractivity contribution in [2.45, 2.75) is 26.8 Å². The van der Waals surface area contributed by atoms with Gasteiger partial charge in [-0.25, -0.2) is 4.79 Å². The second-order valence-electron chi connectivity index (χ2n) is 3.56. The lowest BCUT2D eigenvalue weighted by atomic mass is 10.3. The van der Waals surface area contributed by atoms with E-state index in [2.05, 4.69) is 10.1 Å². The molecule has 0 saturated carbocycles. The summed E-state index contributed by atoms with van der Waals surface area (Å²) in [6.45, 7) is 6.15. The number of rotatable bonds is 6. The molecule has 0 spiro atoms. The minimum atomic E-state index is -0.736. The third-order valence-corrected chi connectivity index (χ3v) is 1.98. The number of amides is 2. The third kappa shape index (κ3) is 6.36. The molecule has 0 fully saturated rings. The Hall–Kier alpha value is -1.14. The molecule has 0 saturated heterocycles. The molecule has 0 aromatic carbocycles. The summed E-state index contributed by atoms with van der Waals surface area (Å²) < 4.78 is 4.58. The van der Waals surface area contributed by atoms with Crippen molar-refractivity contribution in [3.8, 4) is 0 Å². The van der Waals surface area contributed by atoms with E-state index >= 15 is 0 Å². The van der Waals surface area contributed by atoms with Crippen molar-refractivity contribution in [1.29, 1.82) is 0 Å². The summed E-state index contributed by atoms with van der Waals surface area (Å²) in [6.07, 6.45) is -0.736. The third-order valence-electron chi connectivity index (χ3n) is 1.98. The molecule has 2 amide bonds. The van der Waals surface area contributed by atoms with Gasteiger partial charge in [0.15, 0.2) is 0 Å². The first-order valence-electron chi connectivity index (χ1n) is 5.32. The van der Waals surface area contributed by atoms with Crippen LogP contribution in [0, 0.1) is 0 Å². The number of aliphatic hydroxyl groups is 1. The highest BCUT2D eigenvalue weighted by Gasteiger charge is 2.15. The van der Waals surface area contributed by atoms with Gasteiger partial charge in [0.25, 0.3) is 0 Å². The Morgan fingerprint density at radius 2 is 2.06 bits per heavy atom. The number of carbonyl (C=O) groups is 2. The maximum atomic E-state index is 11.4. The SMILES string of the molecule is CCOC(=O)NC(=O)CN(CCO)C(C)C. The van der Waals surface area contributed by atoms with Crippen molar-refractivity contribution >= 4 is 12.0 Å². The highest BCUT2D eigenvalue weighted by Crippen LogP contribution is 1.96. The van der Waals surface area contributed by atoms with Crippen molar-refractivity contribution < 1.29 is 19.4 Å². The van der Waals surface area contributed by atoms with E-state index in [1.165, 1.54) is 0 Å². The zero-order chi connectivity index (χ0) is 12.6. The molecular weight excluding hydrogens is 212 g/mol. The Morgan fingerprint density at radius 3 is 2.50 bits per heavy atom. The molecule has 0 aliphatic carbocycles. The number of alkyl carbamates (subject to hydrolysis) is 1. The van der Waals surface area contributed by atoms with E-state index in [4.69, 9.17) is 5.11 Å². The van der Waals surface area contributed by atoms with E-state index in [0.29, 0.717) is 6.54 Å². The van der Waals surface area contributed by atoms with Crippen LogP contribution in [0.15, 0.2) is 0 Å². The number of carbonyl (C=O) groups excluding carboxylic acids is 2. The Morgan fingerprint density at radius 1 is 1.44 bits per heavy atom. The largest absolute Gasteiger partial charge is 0.450 e. The zero-order valence-electron chi connectivity index (χ0n) is 10.0. The Balaban J connectivity index is 4.04. The molecule has 16 heavy (non-hydrogen) atoms. The lowest BCUT2D eigenvalue weighted by Crippen LogP contribution is -2.44. The topological polar surface area (TPSA) is 78.9 Å². The number of nitrogens with one attached hydrogen (secondary N) is 1. The molecule has 0 unspecified atom stereocenters. The molecule has 0 bridgehead atoms. The Bertz CT molecular complexity index is 231. The van der Waals surface area contributed by atoms with Gasteiger partial charge in [-0.3, -0.25) is 15.0 Å². The van der Waals surface area contributed by atoms with Crippen molar-refractivity contribution in [3.05, 3.63) is 0 Å². The van der Waals surface area contributed by atoms with Crippen LogP contribution in [0.2, 0.25) is 0 Å². The van der Waals surface area contributed by atoms with Crippen molar-refractivity contribution in [3.63, 3.8) is 0 Å². The first kappa shape index (κ1) is 14.9. The monoisotopic (exact) mass is 232 g/mol. The predicted octanol–water partition coefficient (Wildman–Crippen LogP) is -0.0382. The summed E-state index contributed by atoms with van der Waals surface area (Å²) in [5, 5.41) is 10.9. The number of aliphatic hydroxyl groups excluding tert-OH is 1. The minimum absolute atomic E-state index is 0.0229. The van der Waals surface area contributed by atoms with Crippen LogP contribution in [0.4, 0.5) is 4.79 Å². The van der Waals surface area contributed by atoms with E-state index in [9.17, 15) is 9.59 Å². The summed E-state index contributed by atoms with van der Waals surface area (Å²) in [7, 11) is 0. The van der Waals surface area contributed by atoms with Gasteiger partial charge in [-0.05, 0) is 20.8 Å². The number of ether oxygens (including phenoxy) is 1. The summed E-state index contributed by atoms with van der Waals surface area (Å²) in [4.78, 5) is 24.1. The predicted molar refractivity (Wildman–Crippen MR) is 59.0 cm³/mol.